The second kappa shape index (κ2) is 27.2. The Morgan fingerprint density at radius 3 is 1.71 bits per heavy atom. The van der Waals surface area contributed by atoms with Crippen LogP contribution in [-0.2, 0) is 14.9 Å². The Hall–Kier alpha value is -0.360. The number of benzene rings is 1. The minimum atomic E-state index is 0. The molecule has 6 heteroatoms. The molecule has 0 saturated carbocycles. The molecule has 0 amide bonds. The lowest BCUT2D eigenvalue weighted by atomic mass is 9.73. The van der Waals surface area contributed by atoms with Crippen molar-refractivity contribution in [2.45, 2.75) is 141 Å². The summed E-state index contributed by atoms with van der Waals surface area (Å²) < 4.78 is 12.6. The van der Waals surface area contributed by atoms with Crippen LogP contribution in [0, 0.1) is 0 Å². The molecule has 1 heterocycles. The van der Waals surface area contributed by atoms with Crippen LogP contribution in [0.2, 0.25) is 0 Å². The van der Waals surface area contributed by atoms with Crippen molar-refractivity contribution in [2.24, 2.45) is 5.73 Å². The number of nitrogens with two attached hydrogens (primary N) is 1. The van der Waals surface area contributed by atoms with Crippen molar-refractivity contribution in [3.8, 4) is 0 Å². The third-order valence-corrected chi connectivity index (χ3v) is 8.85. The second-order valence-corrected chi connectivity index (χ2v) is 12.2. The molecule has 1 saturated heterocycles. The van der Waals surface area contributed by atoms with Crippen LogP contribution in [-0.4, -0.2) is 57.0 Å². The zero-order chi connectivity index (χ0) is 27.9. The summed E-state index contributed by atoms with van der Waals surface area (Å²) in [5, 5.41) is 0. The van der Waals surface area contributed by atoms with Gasteiger partial charge in [0.15, 0.2) is 0 Å². The Labute approximate surface area is 267 Å². The summed E-state index contributed by atoms with van der Waals surface area (Å²) in [5.41, 5.74) is 7.87. The van der Waals surface area contributed by atoms with E-state index in [1.807, 2.05) is 0 Å². The van der Waals surface area contributed by atoms with Crippen LogP contribution in [0.3, 0.4) is 0 Å². The number of nitrogens with zero attached hydrogens (tertiary/aromatic N) is 1. The van der Waals surface area contributed by atoms with Gasteiger partial charge in [-0.1, -0.05) is 134 Å². The van der Waals surface area contributed by atoms with Crippen molar-refractivity contribution < 1.29 is 9.47 Å². The van der Waals surface area contributed by atoms with Gasteiger partial charge in [-0.3, -0.25) is 0 Å². The van der Waals surface area contributed by atoms with Gasteiger partial charge in [-0.15, -0.1) is 24.8 Å². The van der Waals surface area contributed by atoms with Gasteiger partial charge in [-0.05, 0) is 44.3 Å². The van der Waals surface area contributed by atoms with Crippen LogP contribution >= 0.6 is 24.8 Å². The molecule has 2 rings (SSSR count). The molecule has 0 aromatic heterocycles. The maximum absolute atomic E-state index is 6.44. The van der Waals surface area contributed by atoms with E-state index in [2.05, 4.69) is 49.1 Å². The zero-order valence-corrected chi connectivity index (χ0v) is 28.4. The van der Waals surface area contributed by atoms with Gasteiger partial charge >= 0.3 is 0 Å². The van der Waals surface area contributed by atoms with Crippen molar-refractivity contribution in [2.75, 3.05) is 46.0 Å². The van der Waals surface area contributed by atoms with Gasteiger partial charge in [0.25, 0.3) is 0 Å². The van der Waals surface area contributed by atoms with Crippen molar-refractivity contribution in [3.05, 3.63) is 35.9 Å². The molecule has 1 aliphatic rings. The molecular weight excluding hydrogens is 551 g/mol. The lowest BCUT2D eigenvalue weighted by molar-refractivity contribution is -0.0388. The second-order valence-electron chi connectivity index (χ2n) is 12.2. The zero-order valence-electron chi connectivity index (χ0n) is 26.8. The minimum absolute atomic E-state index is 0. The summed E-state index contributed by atoms with van der Waals surface area (Å²) in [6.45, 7) is 10.9. The summed E-state index contributed by atoms with van der Waals surface area (Å²) in [5.74, 6) is 0. The summed E-state index contributed by atoms with van der Waals surface area (Å²) in [6, 6.07) is 10.9. The normalized spacial score (nSPS) is 15.7. The molecule has 0 aliphatic carbocycles. The molecule has 4 nitrogen and oxygen atoms in total. The predicted molar refractivity (Wildman–Crippen MR) is 183 cm³/mol. The van der Waals surface area contributed by atoms with E-state index in [9.17, 15) is 0 Å². The van der Waals surface area contributed by atoms with E-state index in [1.54, 1.807) is 0 Å². The highest BCUT2D eigenvalue weighted by Crippen LogP contribution is 2.34. The third kappa shape index (κ3) is 18.1. The molecule has 41 heavy (non-hydrogen) atoms. The number of halogens is 2. The molecule has 1 fully saturated rings. The molecule has 1 atom stereocenters. The number of piperidine rings is 1. The fourth-order valence-corrected chi connectivity index (χ4v) is 6.05. The van der Waals surface area contributed by atoms with E-state index in [1.165, 1.54) is 108 Å². The standard InChI is InChI=1S/C35H64N2O2.2ClH/c1-3-5-7-9-11-13-15-20-28-38-31-34(39-29-21-16-14-12-10-8-6-4-2)30-37-26-24-35(32-36,25-27-37)33-22-18-17-19-23-33;;/h17-19,22-23,34H,3-16,20-21,24-32,36H2,1-2H3;2*1H. The summed E-state index contributed by atoms with van der Waals surface area (Å²) in [7, 11) is 0. The van der Waals surface area contributed by atoms with Crippen LogP contribution in [0.5, 0.6) is 0 Å². The predicted octanol–water partition coefficient (Wildman–Crippen LogP) is 9.51. The number of likely N-dealkylation sites (tertiary alicyclic amines) is 1. The molecule has 1 aliphatic heterocycles. The maximum Gasteiger partial charge on any atom is 0.0934 e. The largest absolute Gasteiger partial charge is 0.379 e. The maximum atomic E-state index is 6.44. The highest BCUT2D eigenvalue weighted by Gasteiger charge is 2.35. The van der Waals surface area contributed by atoms with Gasteiger partial charge in [0.1, 0.15) is 0 Å². The van der Waals surface area contributed by atoms with E-state index in [0.717, 1.165) is 58.8 Å². The molecule has 1 aromatic carbocycles. The van der Waals surface area contributed by atoms with E-state index in [-0.39, 0.29) is 36.3 Å². The summed E-state index contributed by atoms with van der Waals surface area (Å²) in [6.07, 6.45) is 23.8. The number of ether oxygens (including phenoxy) is 2. The average molecular weight is 618 g/mol. The highest BCUT2D eigenvalue weighted by molar-refractivity contribution is 5.85. The van der Waals surface area contributed by atoms with E-state index < -0.39 is 0 Å². The van der Waals surface area contributed by atoms with Gasteiger partial charge in [-0.25, -0.2) is 0 Å². The van der Waals surface area contributed by atoms with Gasteiger partial charge < -0.3 is 20.1 Å². The van der Waals surface area contributed by atoms with Gasteiger partial charge in [-0.2, -0.15) is 0 Å². The quantitative estimate of drug-likeness (QED) is 0.111. The van der Waals surface area contributed by atoms with Gasteiger partial charge in [0, 0.05) is 31.7 Å². The molecule has 1 aromatic rings. The van der Waals surface area contributed by atoms with E-state index in [4.69, 9.17) is 15.2 Å². The topological polar surface area (TPSA) is 47.7 Å². The molecule has 242 valence electrons. The Balaban J connectivity index is 0.00000800. The lowest BCUT2D eigenvalue weighted by Crippen LogP contribution is -2.49. The lowest BCUT2D eigenvalue weighted by Gasteiger charge is -2.42. The molecule has 1 unspecified atom stereocenters. The number of hydrogen-bond acceptors (Lipinski definition) is 4. The first kappa shape index (κ1) is 40.6. The Morgan fingerprint density at radius 1 is 0.707 bits per heavy atom. The van der Waals surface area contributed by atoms with Crippen molar-refractivity contribution in [1.29, 1.82) is 0 Å². The Kier molecular flexibility index (Phi) is 27.0. The number of rotatable bonds is 25. The highest BCUT2D eigenvalue weighted by atomic mass is 35.5. The van der Waals surface area contributed by atoms with E-state index in [0.29, 0.717) is 0 Å². The van der Waals surface area contributed by atoms with Crippen molar-refractivity contribution in [1.82, 2.24) is 4.90 Å². The van der Waals surface area contributed by atoms with E-state index >= 15 is 0 Å². The van der Waals surface area contributed by atoms with Crippen LogP contribution < -0.4 is 5.73 Å². The molecular formula is C35H66Cl2N2O2. The minimum Gasteiger partial charge on any atom is -0.379 e. The van der Waals surface area contributed by atoms with Crippen molar-refractivity contribution >= 4 is 24.8 Å². The van der Waals surface area contributed by atoms with Crippen LogP contribution in [0.4, 0.5) is 0 Å². The van der Waals surface area contributed by atoms with Crippen LogP contribution in [0.15, 0.2) is 30.3 Å². The first-order valence-corrected chi connectivity index (χ1v) is 16.9. The first-order valence-electron chi connectivity index (χ1n) is 16.9. The number of hydrogen-bond donors (Lipinski definition) is 1. The van der Waals surface area contributed by atoms with Crippen LogP contribution in [0.25, 0.3) is 0 Å². The Bertz CT molecular complexity index is 671. The molecule has 0 radical (unpaired) electrons. The van der Waals surface area contributed by atoms with Crippen molar-refractivity contribution in [3.63, 3.8) is 0 Å². The number of unbranched alkanes of at least 4 members (excludes halogenated alkanes) is 14. The van der Waals surface area contributed by atoms with Gasteiger partial charge in [0.2, 0.25) is 0 Å². The molecule has 0 spiro atoms. The summed E-state index contributed by atoms with van der Waals surface area (Å²) in [4.78, 5) is 2.59. The third-order valence-electron chi connectivity index (χ3n) is 8.85. The monoisotopic (exact) mass is 616 g/mol. The average Bonchev–Trinajstić information content (AvgIpc) is 2.98. The van der Waals surface area contributed by atoms with Gasteiger partial charge in [0.05, 0.1) is 12.7 Å². The molecule has 2 N–H and O–H groups in total. The fourth-order valence-electron chi connectivity index (χ4n) is 6.05. The van der Waals surface area contributed by atoms with Crippen LogP contribution in [0.1, 0.15) is 135 Å². The Morgan fingerprint density at radius 2 is 1.20 bits per heavy atom. The first-order chi connectivity index (χ1) is 19.2. The SMILES string of the molecule is CCCCCCCCCCOCC(CN1CCC(CN)(c2ccccc2)CC1)OCCCCCCCCCC.Cl.Cl. The fraction of sp³-hybridized carbons (Fsp3) is 0.829. The smallest absolute Gasteiger partial charge is 0.0934 e. The summed E-state index contributed by atoms with van der Waals surface area (Å²) >= 11 is 0. The molecule has 0 bridgehead atoms.